The van der Waals surface area contributed by atoms with Crippen molar-refractivity contribution in [1.29, 1.82) is 0 Å². The summed E-state index contributed by atoms with van der Waals surface area (Å²) in [6.07, 6.45) is -5.11. The molecule has 0 aliphatic carbocycles. The van der Waals surface area contributed by atoms with E-state index in [1.54, 1.807) is 6.07 Å². The Morgan fingerprint density at radius 3 is 2.43 bits per heavy atom. The number of benzene rings is 2. The van der Waals surface area contributed by atoms with Gasteiger partial charge in [-0.1, -0.05) is 23.7 Å². The molecule has 4 N–H and O–H groups in total. The lowest BCUT2D eigenvalue weighted by Crippen LogP contribution is -2.43. The van der Waals surface area contributed by atoms with Gasteiger partial charge in [0, 0.05) is 5.56 Å². The number of halogens is 4. The highest BCUT2D eigenvalue weighted by Gasteiger charge is 2.31. The number of hydrogen-bond donors (Lipinski definition) is 3. The predicted octanol–water partition coefficient (Wildman–Crippen LogP) is 3.00. The molecule has 7 nitrogen and oxygen atoms in total. The van der Waals surface area contributed by atoms with Gasteiger partial charge >= 0.3 is 12.1 Å². The van der Waals surface area contributed by atoms with Crippen LogP contribution >= 0.6 is 11.6 Å². The smallest absolute Gasteiger partial charge is 0.416 e. The number of nitrogens with one attached hydrogen (secondary N) is 1. The summed E-state index contributed by atoms with van der Waals surface area (Å²) in [7, 11) is 0. The van der Waals surface area contributed by atoms with E-state index in [1.165, 1.54) is 18.2 Å². The monoisotopic (exact) mass is 444 g/mol. The molecule has 0 bridgehead atoms. The van der Waals surface area contributed by atoms with Gasteiger partial charge in [0.1, 0.15) is 18.4 Å². The zero-order chi connectivity index (χ0) is 22.5. The van der Waals surface area contributed by atoms with Crippen LogP contribution in [0.5, 0.6) is 5.75 Å². The van der Waals surface area contributed by atoms with E-state index in [9.17, 15) is 27.6 Å². The molecule has 0 saturated carbocycles. The number of amides is 2. The second kappa shape index (κ2) is 9.49. The predicted molar refractivity (Wildman–Crippen MR) is 99.9 cm³/mol. The quantitative estimate of drug-likeness (QED) is 0.578. The fraction of sp³-hybridized carbons (Fsp3) is 0.211. The van der Waals surface area contributed by atoms with Crippen molar-refractivity contribution in [2.24, 2.45) is 5.73 Å². The second-order valence-electron chi connectivity index (χ2n) is 6.17. The average Bonchev–Trinajstić information content (AvgIpc) is 2.65. The van der Waals surface area contributed by atoms with Crippen molar-refractivity contribution < 1.29 is 37.4 Å². The van der Waals surface area contributed by atoms with Crippen LogP contribution in [0.3, 0.4) is 0 Å². The van der Waals surface area contributed by atoms with Crippen LogP contribution in [0, 0.1) is 0 Å². The number of carbonyl (C=O) groups is 3. The minimum atomic E-state index is -4.54. The molecule has 2 aromatic rings. The Morgan fingerprint density at radius 2 is 1.87 bits per heavy atom. The molecule has 0 spiro atoms. The maximum atomic E-state index is 12.7. The third-order valence-corrected chi connectivity index (χ3v) is 4.15. The number of rotatable bonds is 8. The van der Waals surface area contributed by atoms with E-state index in [-0.39, 0.29) is 22.9 Å². The van der Waals surface area contributed by atoms with Crippen LogP contribution in [0.15, 0.2) is 42.5 Å². The minimum absolute atomic E-state index is 0.0203. The van der Waals surface area contributed by atoms with Crippen molar-refractivity contribution in [3.63, 3.8) is 0 Å². The summed E-state index contributed by atoms with van der Waals surface area (Å²) in [5, 5.41) is 11.0. The van der Waals surface area contributed by atoms with Crippen molar-refractivity contribution >= 4 is 29.4 Å². The zero-order valence-corrected chi connectivity index (χ0v) is 16.0. The molecule has 0 aliphatic heterocycles. The fourth-order valence-electron chi connectivity index (χ4n) is 2.40. The number of aliphatic carboxylic acids is 1. The van der Waals surface area contributed by atoms with Gasteiger partial charge in [0.15, 0.2) is 0 Å². The highest BCUT2D eigenvalue weighted by Crippen LogP contribution is 2.34. The van der Waals surface area contributed by atoms with Gasteiger partial charge in [-0.15, -0.1) is 0 Å². The highest BCUT2D eigenvalue weighted by molar-refractivity contribution is 6.32. The molecule has 11 heteroatoms. The summed E-state index contributed by atoms with van der Waals surface area (Å²) in [5.74, 6) is -3.04. The van der Waals surface area contributed by atoms with Crippen molar-refractivity contribution in [2.75, 3.05) is 0 Å². The van der Waals surface area contributed by atoms with Crippen LogP contribution in [0.2, 0.25) is 5.02 Å². The van der Waals surface area contributed by atoms with Crippen LogP contribution in [-0.2, 0) is 22.4 Å². The van der Waals surface area contributed by atoms with Crippen LogP contribution in [0.25, 0.3) is 0 Å². The Balaban J connectivity index is 2.08. The molecule has 0 radical (unpaired) electrons. The third kappa shape index (κ3) is 6.38. The third-order valence-electron chi connectivity index (χ3n) is 3.85. The van der Waals surface area contributed by atoms with Gasteiger partial charge in [-0.3, -0.25) is 9.59 Å². The van der Waals surface area contributed by atoms with E-state index in [0.29, 0.717) is 5.56 Å². The van der Waals surface area contributed by atoms with Crippen molar-refractivity contribution in [3.05, 3.63) is 64.2 Å². The van der Waals surface area contributed by atoms with Crippen molar-refractivity contribution in [2.45, 2.75) is 25.2 Å². The molecule has 1 atom stereocenters. The summed E-state index contributed by atoms with van der Waals surface area (Å²) in [6, 6.07) is 7.08. The Hall–Kier alpha value is -3.27. The molecule has 0 fully saturated rings. The molecule has 0 heterocycles. The number of alkyl halides is 3. The minimum Gasteiger partial charge on any atom is -0.487 e. The first-order valence-electron chi connectivity index (χ1n) is 8.38. The van der Waals surface area contributed by atoms with Gasteiger partial charge in [0.05, 0.1) is 17.0 Å². The van der Waals surface area contributed by atoms with Gasteiger partial charge in [0.2, 0.25) is 5.91 Å². The number of carboxylic acids is 1. The molecule has 2 rings (SSSR count). The largest absolute Gasteiger partial charge is 0.487 e. The number of carboxylic acid groups (broad SMARTS) is 1. The van der Waals surface area contributed by atoms with Gasteiger partial charge in [-0.25, -0.2) is 4.79 Å². The first-order valence-corrected chi connectivity index (χ1v) is 8.75. The number of hydrogen-bond acceptors (Lipinski definition) is 4. The summed E-state index contributed by atoms with van der Waals surface area (Å²) in [6.45, 7) is -0.115. The molecule has 1 unspecified atom stereocenters. The lowest BCUT2D eigenvalue weighted by molar-refractivity contribution is -0.141. The number of carbonyl (C=O) groups excluding carboxylic acids is 2. The van der Waals surface area contributed by atoms with E-state index in [0.717, 1.165) is 18.2 Å². The first kappa shape index (κ1) is 23.0. The average molecular weight is 445 g/mol. The molecular weight excluding hydrogens is 429 g/mol. The molecule has 2 aromatic carbocycles. The molecule has 30 heavy (non-hydrogen) atoms. The summed E-state index contributed by atoms with van der Waals surface area (Å²) < 4.78 is 43.5. The van der Waals surface area contributed by atoms with Crippen LogP contribution in [-0.4, -0.2) is 28.9 Å². The summed E-state index contributed by atoms with van der Waals surface area (Å²) >= 11 is 5.83. The SMILES string of the molecule is NC(=O)CC(NC(=O)c1cccc(COc2ccc(C(F)(F)F)cc2Cl)c1)C(=O)O. The van der Waals surface area contributed by atoms with E-state index < -0.39 is 42.0 Å². The van der Waals surface area contributed by atoms with Crippen LogP contribution in [0.4, 0.5) is 13.2 Å². The lowest BCUT2D eigenvalue weighted by atomic mass is 10.1. The normalized spacial score (nSPS) is 12.1. The zero-order valence-electron chi connectivity index (χ0n) is 15.2. The first-order chi connectivity index (χ1) is 14.0. The molecule has 160 valence electrons. The van der Waals surface area contributed by atoms with E-state index in [4.69, 9.17) is 27.2 Å². The van der Waals surface area contributed by atoms with Gasteiger partial charge in [-0.2, -0.15) is 13.2 Å². The maximum absolute atomic E-state index is 12.7. The van der Waals surface area contributed by atoms with Crippen molar-refractivity contribution in [1.82, 2.24) is 5.32 Å². The molecule has 0 aromatic heterocycles. The molecule has 0 saturated heterocycles. The highest BCUT2D eigenvalue weighted by atomic mass is 35.5. The Kier molecular flexibility index (Phi) is 7.28. The van der Waals surface area contributed by atoms with Crippen LogP contribution in [0.1, 0.15) is 27.9 Å². The number of ether oxygens (including phenoxy) is 1. The van der Waals surface area contributed by atoms with E-state index in [2.05, 4.69) is 5.32 Å². The van der Waals surface area contributed by atoms with Crippen LogP contribution < -0.4 is 15.8 Å². The van der Waals surface area contributed by atoms with Gasteiger partial charge < -0.3 is 20.9 Å². The van der Waals surface area contributed by atoms with E-state index in [1.807, 2.05) is 0 Å². The summed E-state index contributed by atoms with van der Waals surface area (Å²) in [4.78, 5) is 34.3. The topological polar surface area (TPSA) is 119 Å². The fourth-order valence-corrected chi connectivity index (χ4v) is 2.64. The maximum Gasteiger partial charge on any atom is 0.416 e. The number of primary amides is 1. The lowest BCUT2D eigenvalue weighted by Gasteiger charge is -2.14. The Bertz CT molecular complexity index is 965. The molecular formula is C19H16ClF3N2O5. The Labute approximate surface area is 173 Å². The molecule has 2 amide bonds. The van der Waals surface area contributed by atoms with Crippen molar-refractivity contribution in [3.8, 4) is 5.75 Å². The molecule has 0 aliphatic rings. The standard InChI is InChI=1S/C19H16ClF3N2O5/c20-13-7-12(19(21,22)23)4-5-15(13)30-9-10-2-1-3-11(6-10)17(27)25-14(18(28)29)8-16(24)26/h1-7,14H,8-9H2,(H2,24,26)(H,25,27)(H,28,29). The Morgan fingerprint density at radius 1 is 1.17 bits per heavy atom. The van der Waals surface area contributed by atoms with E-state index >= 15 is 0 Å². The summed E-state index contributed by atoms with van der Waals surface area (Å²) in [5.41, 5.74) is 4.61. The number of nitrogens with two attached hydrogens (primary N) is 1. The second-order valence-corrected chi connectivity index (χ2v) is 6.57. The van der Waals surface area contributed by atoms with Gasteiger partial charge in [0.25, 0.3) is 5.91 Å². The van der Waals surface area contributed by atoms with Gasteiger partial charge in [-0.05, 0) is 35.9 Å².